The molecule has 0 aliphatic carbocycles. The summed E-state index contributed by atoms with van der Waals surface area (Å²) in [5.74, 6) is 0.0993. The molecule has 5 nitrogen and oxygen atoms in total. The topological polar surface area (TPSA) is 57.7 Å². The number of sulfonamides is 1. The summed E-state index contributed by atoms with van der Waals surface area (Å²) in [6.07, 6.45) is 1.14. The quantitative estimate of drug-likeness (QED) is 0.794. The summed E-state index contributed by atoms with van der Waals surface area (Å²) >= 11 is 0. The minimum Gasteiger partial charge on any atom is -0.312 e. The lowest BCUT2D eigenvalue weighted by atomic mass is 9.86. The van der Waals surface area contributed by atoms with Crippen LogP contribution < -0.4 is 4.90 Å². The predicted molar refractivity (Wildman–Crippen MR) is 111 cm³/mol. The second-order valence-corrected chi connectivity index (χ2v) is 10.3. The Bertz CT molecular complexity index is 1000. The first kappa shape index (κ1) is 19.2. The molecule has 0 aromatic heterocycles. The van der Waals surface area contributed by atoms with E-state index in [0.717, 1.165) is 28.8 Å². The van der Waals surface area contributed by atoms with E-state index in [4.69, 9.17) is 0 Å². The van der Waals surface area contributed by atoms with E-state index >= 15 is 0 Å². The first-order chi connectivity index (χ1) is 13.3. The maximum absolute atomic E-state index is 12.9. The molecule has 2 aliphatic rings. The molecule has 0 N–H and O–H groups in total. The van der Waals surface area contributed by atoms with Crippen LogP contribution in [0, 0.1) is 19.3 Å². The van der Waals surface area contributed by atoms with Crippen molar-refractivity contribution < 1.29 is 13.2 Å². The molecule has 148 valence electrons. The molecule has 1 amide bonds. The maximum atomic E-state index is 12.9. The van der Waals surface area contributed by atoms with Gasteiger partial charge in [-0.2, -0.15) is 0 Å². The highest BCUT2D eigenvalue weighted by Crippen LogP contribution is 2.43. The zero-order chi connectivity index (χ0) is 19.9. The Morgan fingerprint density at radius 3 is 2.46 bits per heavy atom. The van der Waals surface area contributed by atoms with Gasteiger partial charge in [-0.3, -0.25) is 4.79 Å². The monoisotopic (exact) mass is 398 g/mol. The SMILES string of the molecule is Cc1ccc(CS(=O)(=O)N2CCC3(CC(=O)N(c4cccc(C)c4)C3)C2)cc1. The van der Waals surface area contributed by atoms with E-state index in [0.29, 0.717) is 26.1 Å². The van der Waals surface area contributed by atoms with Crippen LogP contribution in [0.5, 0.6) is 0 Å². The summed E-state index contributed by atoms with van der Waals surface area (Å²) in [6, 6.07) is 15.5. The van der Waals surface area contributed by atoms with Crippen LogP contribution in [-0.4, -0.2) is 38.3 Å². The number of amides is 1. The third-order valence-corrected chi connectivity index (χ3v) is 7.70. The van der Waals surface area contributed by atoms with Gasteiger partial charge in [0, 0.05) is 37.2 Å². The van der Waals surface area contributed by atoms with Crippen molar-refractivity contribution in [3.8, 4) is 0 Å². The molecule has 2 aromatic rings. The van der Waals surface area contributed by atoms with Gasteiger partial charge in [-0.25, -0.2) is 12.7 Å². The molecule has 0 radical (unpaired) electrons. The predicted octanol–water partition coefficient (Wildman–Crippen LogP) is 3.26. The van der Waals surface area contributed by atoms with Gasteiger partial charge in [-0.1, -0.05) is 42.0 Å². The van der Waals surface area contributed by atoms with E-state index in [1.807, 2.05) is 67.3 Å². The molecule has 2 saturated heterocycles. The largest absolute Gasteiger partial charge is 0.312 e. The molecule has 1 atom stereocenters. The summed E-state index contributed by atoms with van der Waals surface area (Å²) < 4.78 is 27.4. The fraction of sp³-hybridized carbons (Fsp3) is 0.409. The lowest BCUT2D eigenvalue weighted by Crippen LogP contribution is -2.34. The van der Waals surface area contributed by atoms with Crippen LogP contribution >= 0.6 is 0 Å². The molecule has 6 heteroatoms. The van der Waals surface area contributed by atoms with E-state index in [1.54, 1.807) is 4.31 Å². The van der Waals surface area contributed by atoms with Crippen molar-refractivity contribution in [2.75, 3.05) is 24.5 Å². The van der Waals surface area contributed by atoms with Crippen LogP contribution in [0.3, 0.4) is 0 Å². The van der Waals surface area contributed by atoms with Crippen LogP contribution in [0.4, 0.5) is 5.69 Å². The van der Waals surface area contributed by atoms with Gasteiger partial charge in [-0.05, 0) is 43.5 Å². The summed E-state index contributed by atoms with van der Waals surface area (Å²) in [6.45, 7) is 5.50. The van der Waals surface area contributed by atoms with Crippen LogP contribution in [0.1, 0.15) is 29.5 Å². The van der Waals surface area contributed by atoms with Gasteiger partial charge in [0.2, 0.25) is 15.9 Å². The minimum absolute atomic E-state index is 0.0128. The van der Waals surface area contributed by atoms with E-state index < -0.39 is 10.0 Å². The molecular weight excluding hydrogens is 372 g/mol. The first-order valence-corrected chi connectivity index (χ1v) is 11.3. The van der Waals surface area contributed by atoms with E-state index in [2.05, 4.69) is 0 Å². The Hall–Kier alpha value is -2.18. The van der Waals surface area contributed by atoms with Crippen molar-refractivity contribution in [2.24, 2.45) is 5.41 Å². The molecule has 1 spiro atoms. The number of carbonyl (C=O) groups is 1. The standard InChI is InChI=1S/C22H26N2O3S/c1-17-6-8-19(9-7-17)14-28(26,27)23-11-10-22(15-23)13-21(25)24(16-22)20-5-3-4-18(2)12-20/h3-9,12H,10-11,13-16H2,1-2H3. The normalized spacial score (nSPS) is 23.1. The van der Waals surface area contributed by atoms with Gasteiger partial charge >= 0.3 is 0 Å². The zero-order valence-electron chi connectivity index (χ0n) is 16.4. The Morgan fingerprint density at radius 2 is 1.75 bits per heavy atom. The Kier molecular flexibility index (Phi) is 4.79. The lowest BCUT2D eigenvalue weighted by molar-refractivity contribution is -0.117. The van der Waals surface area contributed by atoms with Crippen LogP contribution in [0.25, 0.3) is 0 Å². The van der Waals surface area contributed by atoms with E-state index in [9.17, 15) is 13.2 Å². The van der Waals surface area contributed by atoms with Crippen molar-refractivity contribution in [1.29, 1.82) is 0 Å². The van der Waals surface area contributed by atoms with Crippen LogP contribution in [-0.2, 0) is 20.6 Å². The molecular formula is C22H26N2O3S. The summed E-state index contributed by atoms with van der Waals surface area (Å²) in [7, 11) is -3.39. The summed E-state index contributed by atoms with van der Waals surface area (Å²) in [4.78, 5) is 14.5. The number of rotatable bonds is 4. The number of aryl methyl sites for hydroxylation is 2. The first-order valence-electron chi connectivity index (χ1n) is 9.67. The second kappa shape index (κ2) is 7.01. The van der Waals surface area contributed by atoms with Crippen molar-refractivity contribution in [3.63, 3.8) is 0 Å². The molecule has 2 aliphatic heterocycles. The number of hydrogen-bond donors (Lipinski definition) is 0. The van der Waals surface area contributed by atoms with Crippen LogP contribution in [0.15, 0.2) is 48.5 Å². The average molecular weight is 399 g/mol. The van der Waals surface area contributed by atoms with Gasteiger partial charge in [-0.15, -0.1) is 0 Å². The highest BCUT2D eigenvalue weighted by atomic mass is 32.2. The molecule has 2 aromatic carbocycles. The van der Waals surface area contributed by atoms with Crippen molar-refractivity contribution in [1.82, 2.24) is 4.31 Å². The van der Waals surface area contributed by atoms with Gasteiger partial charge in [0.05, 0.1) is 5.75 Å². The maximum Gasteiger partial charge on any atom is 0.227 e. The summed E-state index contributed by atoms with van der Waals surface area (Å²) in [5.41, 5.74) is 3.65. The number of nitrogens with zero attached hydrogens (tertiary/aromatic N) is 2. The van der Waals surface area contributed by atoms with Gasteiger partial charge in [0.1, 0.15) is 0 Å². The highest BCUT2D eigenvalue weighted by molar-refractivity contribution is 7.88. The second-order valence-electron chi connectivity index (χ2n) is 8.32. The minimum atomic E-state index is -3.39. The van der Waals surface area contributed by atoms with Crippen molar-refractivity contribution >= 4 is 21.6 Å². The Balaban J connectivity index is 1.48. The number of anilines is 1. The average Bonchev–Trinajstić information content (AvgIpc) is 3.21. The molecule has 4 rings (SSSR count). The third-order valence-electron chi connectivity index (χ3n) is 5.90. The van der Waals surface area contributed by atoms with Gasteiger partial charge in [0.25, 0.3) is 0 Å². The molecule has 28 heavy (non-hydrogen) atoms. The van der Waals surface area contributed by atoms with E-state index in [1.165, 1.54) is 0 Å². The van der Waals surface area contributed by atoms with Gasteiger partial charge < -0.3 is 4.90 Å². The Morgan fingerprint density at radius 1 is 1.00 bits per heavy atom. The lowest BCUT2D eigenvalue weighted by Gasteiger charge is -2.24. The van der Waals surface area contributed by atoms with Crippen molar-refractivity contribution in [2.45, 2.75) is 32.4 Å². The third kappa shape index (κ3) is 3.71. The zero-order valence-corrected chi connectivity index (χ0v) is 17.2. The smallest absolute Gasteiger partial charge is 0.227 e. The number of carbonyl (C=O) groups excluding carboxylic acids is 1. The Labute approximate surface area is 167 Å². The molecule has 2 fully saturated rings. The molecule has 0 bridgehead atoms. The molecule has 0 saturated carbocycles. The van der Waals surface area contributed by atoms with E-state index in [-0.39, 0.29) is 17.1 Å². The fourth-order valence-corrected chi connectivity index (χ4v) is 5.95. The molecule has 2 heterocycles. The number of benzene rings is 2. The highest BCUT2D eigenvalue weighted by Gasteiger charge is 2.50. The summed E-state index contributed by atoms with van der Waals surface area (Å²) in [5, 5.41) is 0. The van der Waals surface area contributed by atoms with Gasteiger partial charge in [0.15, 0.2) is 0 Å². The number of hydrogen-bond acceptors (Lipinski definition) is 3. The fourth-order valence-electron chi connectivity index (χ4n) is 4.32. The van der Waals surface area contributed by atoms with Crippen molar-refractivity contribution in [3.05, 3.63) is 65.2 Å². The van der Waals surface area contributed by atoms with Crippen LogP contribution in [0.2, 0.25) is 0 Å². The molecule has 1 unspecified atom stereocenters.